The maximum absolute atomic E-state index is 12.1. The number of nitrogens with zero attached hydrogens (tertiary/aromatic N) is 2. The Labute approximate surface area is 106 Å². The molecule has 3 amide bonds. The summed E-state index contributed by atoms with van der Waals surface area (Å²) in [7, 11) is 0. The third-order valence-electron chi connectivity index (χ3n) is 2.78. The number of rotatable bonds is 2. The summed E-state index contributed by atoms with van der Waals surface area (Å²) in [6.45, 7) is 4.07. The molecule has 0 aromatic heterocycles. The van der Waals surface area contributed by atoms with Gasteiger partial charge in [0.25, 0.3) is 5.91 Å². The quantitative estimate of drug-likeness (QED) is 0.585. The molecule has 1 saturated heterocycles. The lowest BCUT2D eigenvalue weighted by atomic mass is 10.1. The third kappa shape index (κ3) is 2.07. The molecule has 0 aliphatic carbocycles. The molecule has 1 fully saturated rings. The molecule has 92 valence electrons. The summed E-state index contributed by atoms with van der Waals surface area (Å²) in [6.07, 6.45) is 5.17. The average molecular weight is 242 g/mol. The second-order valence-corrected chi connectivity index (χ2v) is 4.42. The fraction of sp³-hybridized carbons (Fsp3) is 0.286. The number of benzene rings is 1. The van der Waals surface area contributed by atoms with Crippen molar-refractivity contribution in [1.82, 2.24) is 4.90 Å². The van der Waals surface area contributed by atoms with Crippen molar-refractivity contribution in [2.75, 3.05) is 18.0 Å². The van der Waals surface area contributed by atoms with Crippen LogP contribution in [0.4, 0.5) is 10.5 Å². The van der Waals surface area contributed by atoms with Crippen molar-refractivity contribution in [3.8, 4) is 12.3 Å². The maximum atomic E-state index is 12.1. The molecule has 1 aliphatic heterocycles. The van der Waals surface area contributed by atoms with Crippen LogP contribution in [0.2, 0.25) is 0 Å². The number of imide groups is 1. The summed E-state index contributed by atoms with van der Waals surface area (Å²) >= 11 is 0. The van der Waals surface area contributed by atoms with Gasteiger partial charge < -0.3 is 4.90 Å². The van der Waals surface area contributed by atoms with Crippen molar-refractivity contribution < 1.29 is 9.59 Å². The molecule has 1 aliphatic rings. The number of hydrogen-bond acceptors (Lipinski definition) is 2. The van der Waals surface area contributed by atoms with E-state index in [2.05, 4.69) is 5.92 Å². The highest BCUT2D eigenvalue weighted by Gasteiger charge is 2.36. The largest absolute Gasteiger partial charge is 0.332 e. The summed E-state index contributed by atoms with van der Waals surface area (Å²) in [4.78, 5) is 26.5. The van der Waals surface area contributed by atoms with Gasteiger partial charge in [0.2, 0.25) is 0 Å². The van der Waals surface area contributed by atoms with Gasteiger partial charge in [-0.15, -0.1) is 6.42 Å². The third-order valence-corrected chi connectivity index (χ3v) is 2.78. The SMILES string of the molecule is C#CCN1CC(=O)N(c2cc(C)cc(C)c2)C1=O. The molecular weight excluding hydrogens is 228 g/mol. The Morgan fingerprint density at radius 1 is 1.22 bits per heavy atom. The van der Waals surface area contributed by atoms with Crippen LogP contribution in [0.3, 0.4) is 0 Å². The predicted octanol–water partition coefficient (Wildman–Crippen LogP) is 1.71. The van der Waals surface area contributed by atoms with Crippen molar-refractivity contribution in [2.45, 2.75) is 13.8 Å². The van der Waals surface area contributed by atoms with E-state index >= 15 is 0 Å². The fourth-order valence-corrected chi connectivity index (χ4v) is 2.12. The lowest BCUT2D eigenvalue weighted by molar-refractivity contribution is -0.116. The van der Waals surface area contributed by atoms with Gasteiger partial charge in [0.05, 0.1) is 12.2 Å². The molecule has 0 radical (unpaired) electrons. The summed E-state index contributed by atoms with van der Waals surface area (Å²) in [5.74, 6) is 2.15. The average Bonchev–Trinajstić information content (AvgIpc) is 2.53. The number of anilines is 1. The van der Waals surface area contributed by atoms with E-state index in [1.54, 1.807) is 0 Å². The van der Waals surface area contributed by atoms with Crippen LogP contribution >= 0.6 is 0 Å². The first-order valence-electron chi connectivity index (χ1n) is 5.66. The highest BCUT2D eigenvalue weighted by atomic mass is 16.2. The normalized spacial score (nSPS) is 15.2. The van der Waals surface area contributed by atoms with E-state index in [4.69, 9.17) is 6.42 Å². The number of terminal acetylenes is 1. The topological polar surface area (TPSA) is 40.6 Å². The first-order valence-corrected chi connectivity index (χ1v) is 5.66. The molecule has 0 spiro atoms. The van der Waals surface area contributed by atoms with Crippen molar-refractivity contribution in [2.24, 2.45) is 0 Å². The lowest BCUT2D eigenvalue weighted by Gasteiger charge is -2.16. The van der Waals surface area contributed by atoms with Gasteiger partial charge in [-0.05, 0) is 37.1 Å². The smallest absolute Gasteiger partial charge is 0.303 e. The van der Waals surface area contributed by atoms with Gasteiger partial charge in [0.15, 0.2) is 0 Å². The first kappa shape index (κ1) is 12.2. The molecule has 1 aromatic carbocycles. The maximum Gasteiger partial charge on any atom is 0.332 e. The van der Waals surface area contributed by atoms with Crippen LogP contribution in [0.1, 0.15) is 11.1 Å². The van der Waals surface area contributed by atoms with Gasteiger partial charge in [-0.2, -0.15) is 0 Å². The van der Waals surface area contributed by atoms with E-state index in [1.165, 1.54) is 9.80 Å². The molecule has 1 aromatic rings. The molecule has 0 N–H and O–H groups in total. The van der Waals surface area contributed by atoms with Crippen LogP contribution in [-0.2, 0) is 4.79 Å². The van der Waals surface area contributed by atoms with E-state index in [0.29, 0.717) is 5.69 Å². The Hall–Kier alpha value is -2.28. The minimum atomic E-state index is -0.344. The molecular formula is C14H14N2O2. The molecule has 0 atom stereocenters. The van der Waals surface area contributed by atoms with Gasteiger partial charge in [-0.1, -0.05) is 12.0 Å². The molecule has 0 saturated carbocycles. The molecule has 1 heterocycles. The first-order chi connectivity index (χ1) is 8.52. The Balaban J connectivity index is 2.36. The summed E-state index contributed by atoms with van der Waals surface area (Å²) in [6, 6.07) is 5.29. The summed E-state index contributed by atoms with van der Waals surface area (Å²) in [5.41, 5.74) is 2.64. The second kappa shape index (κ2) is 4.53. The highest BCUT2D eigenvalue weighted by molar-refractivity contribution is 6.19. The lowest BCUT2D eigenvalue weighted by Crippen LogP contribution is -2.33. The molecule has 0 unspecified atom stereocenters. The molecule has 2 rings (SSSR count). The fourth-order valence-electron chi connectivity index (χ4n) is 2.12. The predicted molar refractivity (Wildman–Crippen MR) is 69.2 cm³/mol. The minimum absolute atomic E-state index is 0.0516. The Morgan fingerprint density at radius 2 is 1.83 bits per heavy atom. The van der Waals surface area contributed by atoms with E-state index in [1.807, 2.05) is 32.0 Å². The van der Waals surface area contributed by atoms with Crippen molar-refractivity contribution >= 4 is 17.6 Å². The number of amides is 3. The molecule has 4 nitrogen and oxygen atoms in total. The van der Waals surface area contributed by atoms with Crippen LogP contribution in [-0.4, -0.2) is 29.9 Å². The summed E-state index contributed by atoms with van der Waals surface area (Å²) in [5, 5.41) is 0. The van der Waals surface area contributed by atoms with Gasteiger partial charge in [0.1, 0.15) is 6.54 Å². The Kier molecular flexibility index (Phi) is 3.07. The van der Waals surface area contributed by atoms with Gasteiger partial charge >= 0.3 is 6.03 Å². The van der Waals surface area contributed by atoms with Crippen LogP contribution in [0.5, 0.6) is 0 Å². The van der Waals surface area contributed by atoms with Gasteiger partial charge in [0, 0.05) is 0 Å². The van der Waals surface area contributed by atoms with E-state index in [9.17, 15) is 9.59 Å². The highest BCUT2D eigenvalue weighted by Crippen LogP contribution is 2.23. The number of hydrogen-bond donors (Lipinski definition) is 0. The van der Waals surface area contributed by atoms with Crippen molar-refractivity contribution in [3.05, 3.63) is 29.3 Å². The van der Waals surface area contributed by atoms with Crippen LogP contribution in [0, 0.1) is 26.2 Å². The van der Waals surface area contributed by atoms with Crippen LogP contribution in [0.15, 0.2) is 18.2 Å². The second-order valence-electron chi connectivity index (χ2n) is 4.42. The van der Waals surface area contributed by atoms with Crippen molar-refractivity contribution in [1.29, 1.82) is 0 Å². The van der Waals surface area contributed by atoms with E-state index in [-0.39, 0.29) is 25.0 Å². The van der Waals surface area contributed by atoms with E-state index < -0.39 is 0 Å². The standard InChI is InChI=1S/C14H14N2O2/c1-4-5-15-9-13(17)16(14(15)18)12-7-10(2)6-11(3)8-12/h1,6-8H,5,9H2,2-3H3. The van der Waals surface area contributed by atoms with Gasteiger partial charge in [-0.3, -0.25) is 4.79 Å². The number of carbonyl (C=O) groups is 2. The van der Waals surface area contributed by atoms with Crippen LogP contribution in [0.25, 0.3) is 0 Å². The zero-order chi connectivity index (χ0) is 13.3. The Bertz CT molecular complexity index is 537. The van der Waals surface area contributed by atoms with Crippen molar-refractivity contribution in [3.63, 3.8) is 0 Å². The van der Waals surface area contributed by atoms with E-state index in [0.717, 1.165) is 11.1 Å². The summed E-state index contributed by atoms with van der Waals surface area (Å²) < 4.78 is 0. The Morgan fingerprint density at radius 3 is 2.39 bits per heavy atom. The van der Waals surface area contributed by atoms with Crippen LogP contribution < -0.4 is 4.90 Å². The monoisotopic (exact) mass is 242 g/mol. The molecule has 0 bridgehead atoms. The van der Waals surface area contributed by atoms with Gasteiger partial charge in [-0.25, -0.2) is 9.69 Å². The number of carbonyl (C=O) groups excluding carboxylic acids is 2. The molecule has 18 heavy (non-hydrogen) atoms. The minimum Gasteiger partial charge on any atom is -0.303 e. The zero-order valence-corrected chi connectivity index (χ0v) is 10.4. The zero-order valence-electron chi connectivity index (χ0n) is 10.4. The number of urea groups is 1. The molecule has 4 heteroatoms. The number of aryl methyl sites for hydroxylation is 2.